The fourth-order valence-electron chi connectivity index (χ4n) is 1.62. The Balaban J connectivity index is 1.97. The first-order valence-corrected chi connectivity index (χ1v) is 6.52. The van der Waals surface area contributed by atoms with E-state index in [4.69, 9.17) is 4.52 Å². The van der Waals surface area contributed by atoms with Gasteiger partial charge in [0.15, 0.2) is 5.82 Å². The molecule has 0 radical (unpaired) electrons. The number of rotatable bonds is 4. The van der Waals surface area contributed by atoms with Crippen LogP contribution in [0.5, 0.6) is 0 Å². The molecule has 1 saturated heterocycles. The zero-order valence-electron chi connectivity index (χ0n) is 9.19. The second-order valence-corrected chi connectivity index (χ2v) is 5.15. The van der Waals surface area contributed by atoms with Gasteiger partial charge in [0.25, 0.3) is 0 Å². The van der Waals surface area contributed by atoms with Crippen molar-refractivity contribution in [3.63, 3.8) is 0 Å². The Labute approximate surface area is 94.2 Å². The molecule has 0 aromatic carbocycles. The normalized spacial score (nSPS) is 23.2. The van der Waals surface area contributed by atoms with Gasteiger partial charge in [-0.25, -0.2) is 0 Å². The summed E-state index contributed by atoms with van der Waals surface area (Å²) in [7, 11) is 1.94. The molecule has 2 rings (SSSR count). The molecule has 4 nitrogen and oxygen atoms in total. The van der Waals surface area contributed by atoms with Gasteiger partial charge in [0.2, 0.25) is 5.89 Å². The molecule has 1 aromatic rings. The van der Waals surface area contributed by atoms with Crippen molar-refractivity contribution in [2.75, 3.05) is 18.6 Å². The van der Waals surface area contributed by atoms with Crippen molar-refractivity contribution in [1.82, 2.24) is 15.5 Å². The average Bonchev–Trinajstić information content (AvgIpc) is 2.85. The molecule has 0 spiro atoms. The highest BCUT2D eigenvalue weighted by Gasteiger charge is 2.22. The molecule has 0 aliphatic carbocycles. The fraction of sp³-hybridized carbons (Fsp3) is 0.800. The predicted molar refractivity (Wildman–Crippen MR) is 61.2 cm³/mol. The van der Waals surface area contributed by atoms with E-state index in [-0.39, 0.29) is 0 Å². The van der Waals surface area contributed by atoms with Crippen LogP contribution in [-0.2, 0) is 6.42 Å². The van der Waals surface area contributed by atoms with Gasteiger partial charge in [-0.2, -0.15) is 16.7 Å². The molecule has 2 heterocycles. The molecule has 0 bridgehead atoms. The third-order valence-electron chi connectivity index (χ3n) is 2.75. The van der Waals surface area contributed by atoms with Gasteiger partial charge in [0, 0.05) is 24.1 Å². The van der Waals surface area contributed by atoms with Crippen LogP contribution in [-0.4, -0.2) is 34.7 Å². The van der Waals surface area contributed by atoms with Crippen molar-refractivity contribution in [1.29, 1.82) is 0 Å². The van der Waals surface area contributed by atoms with Crippen LogP contribution in [0.4, 0.5) is 0 Å². The van der Waals surface area contributed by atoms with Gasteiger partial charge in [0.05, 0.1) is 0 Å². The van der Waals surface area contributed by atoms with Crippen LogP contribution in [0, 0.1) is 0 Å². The Bertz CT molecular complexity index is 309. The van der Waals surface area contributed by atoms with Gasteiger partial charge in [-0.15, -0.1) is 0 Å². The van der Waals surface area contributed by atoms with E-state index in [0.29, 0.717) is 12.0 Å². The second-order valence-electron chi connectivity index (χ2n) is 4.00. The van der Waals surface area contributed by atoms with Crippen molar-refractivity contribution in [3.05, 3.63) is 11.7 Å². The molecule has 2 unspecified atom stereocenters. The number of thioether (sulfide) groups is 1. The Morgan fingerprint density at radius 2 is 2.53 bits per heavy atom. The fourth-order valence-corrected chi connectivity index (χ4v) is 2.84. The van der Waals surface area contributed by atoms with Gasteiger partial charge in [-0.05, 0) is 26.1 Å². The number of hydrogen-bond acceptors (Lipinski definition) is 5. The van der Waals surface area contributed by atoms with Crippen LogP contribution in [0.3, 0.4) is 0 Å². The van der Waals surface area contributed by atoms with Crippen LogP contribution < -0.4 is 5.32 Å². The third kappa shape index (κ3) is 2.72. The van der Waals surface area contributed by atoms with E-state index in [0.717, 1.165) is 23.9 Å². The van der Waals surface area contributed by atoms with Crippen molar-refractivity contribution in [3.8, 4) is 0 Å². The van der Waals surface area contributed by atoms with Crippen LogP contribution in [0.25, 0.3) is 0 Å². The summed E-state index contributed by atoms with van der Waals surface area (Å²) < 4.78 is 5.24. The zero-order valence-corrected chi connectivity index (χ0v) is 10.0. The average molecular weight is 227 g/mol. The monoisotopic (exact) mass is 227 g/mol. The van der Waals surface area contributed by atoms with Crippen LogP contribution in [0.15, 0.2) is 4.52 Å². The molecule has 84 valence electrons. The molecule has 2 atom stereocenters. The van der Waals surface area contributed by atoms with Gasteiger partial charge in [-0.1, -0.05) is 5.16 Å². The van der Waals surface area contributed by atoms with E-state index in [2.05, 4.69) is 22.4 Å². The molecule has 0 saturated carbocycles. The molecule has 5 heteroatoms. The molecule has 1 aliphatic heterocycles. The largest absolute Gasteiger partial charge is 0.339 e. The maximum atomic E-state index is 5.24. The number of aromatic nitrogens is 2. The van der Waals surface area contributed by atoms with E-state index < -0.39 is 0 Å². The summed E-state index contributed by atoms with van der Waals surface area (Å²) >= 11 is 1.97. The van der Waals surface area contributed by atoms with E-state index in [1.807, 2.05) is 18.8 Å². The van der Waals surface area contributed by atoms with E-state index >= 15 is 0 Å². The summed E-state index contributed by atoms with van der Waals surface area (Å²) in [6.45, 7) is 2.11. The molecular formula is C10H17N3OS. The van der Waals surface area contributed by atoms with Gasteiger partial charge in [-0.3, -0.25) is 0 Å². The van der Waals surface area contributed by atoms with Crippen molar-refractivity contribution >= 4 is 11.8 Å². The zero-order chi connectivity index (χ0) is 10.7. The Morgan fingerprint density at radius 3 is 3.20 bits per heavy atom. The Hall–Kier alpha value is -0.550. The van der Waals surface area contributed by atoms with Gasteiger partial charge >= 0.3 is 0 Å². The van der Waals surface area contributed by atoms with Crippen molar-refractivity contribution in [2.45, 2.75) is 31.7 Å². The first kappa shape index (κ1) is 11.0. The van der Waals surface area contributed by atoms with E-state index in [1.54, 1.807) is 0 Å². The second kappa shape index (κ2) is 4.99. The van der Waals surface area contributed by atoms with Crippen LogP contribution in [0.1, 0.15) is 31.0 Å². The number of likely N-dealkylation sites (N-methyl/N-ethyl adjacent to an activating group) is 1. The number of nitrogens with one attached hydrogen (secondary N) is 1. The lowest BCUT2D eigenvalue weighted by atomic mass is 10.1. The SMILES string of the molecule is CNC(C)Cc1nc(C2CCSC2)no1. The topological polar surface area (TPSA) is 51.0 Å². The molecule has 15 heavy (non-hydrogen) atoms. The summed E-state index contributed by atoms with van der Waals surface area (Å²) in [5.41, 5.74) is 0. The molecule has 1 aliphatic rings. The lowest BCUT2D eigenvalue weighted by Gasteiger charge is -2.04. The first-order valence-electron chi connectivity index (χ1n) is 5.37. The standard InChI is InChI=1S/C10H17N3OS/c1-7(11-2)5-9-12-10(13-14-9)8-3-4-15-6-8/h7-8,11H,3-6H2,1-2H3. The molecule has 0 amide bonds. The van der Waals surface area contributed by atoms with Gasteiger partial charge < -0.3 is 9.84 Å². The first-order chi connectivity index (χ1) is 7.29. The Morgan fingerprint density at radius 1 is 1.67 bits per heavy atom. The summed E-state index contributed by atoms with van der Waals surface area (Å²) in [6, 6.07) is 0.385. The summed E-state index contributed by atoms with van der Waals surface area (Å²) in [6.07, 6.45) is 1.99. The highest BCUT2D eigenvalue weighted by atomic mass is 32.2. The maximum Gasteiger partial charge on any atom is 0.228 e. The molecule has 1 N–H and O–H groups in total. The molecule has 1 fully saturated rings. The van der Waals surface area contributed by atoms with E-state index in [9.17, 15) is 0 Å². The van der Waals surface area contributed by atoms with Crippen molar-refractivity contribution < 1.29 is 4.52 Å². The molecular weight excluding hydrogens is 210 g/mol. The summed E-state index contributed by atoms with van der Waals surface area (Å²) in [5, 5.41) is 7.22. The van der Waals surface area contributed by atoms with E-state index in [1.165, 1.54) is 12.2 Å². The number of nitrogens with zero attached hydrogens (tertiary/aromatic N) is 2. The maximum absolute atomic E-state index is 5.24. The minimum absolute atomic E-state index is 0.385. The smallest absolute Gasteiger partial charge is 0.228 e. The van der Waals surface area contributed by atoms with Crippen molar-refractivity contribution in [2.24, 2.45) is 0 Å². The highest BCUT2D eigenvalue weighted by molar-refractivity contribution is 7.99. The minimum Gasteiger partial charge on any atom is -0.339 e. The number of hydrogen-bond donors (Lipinski definition) is 1. The highest BCUT2D eigenvalue weighted by Crippen LogP contribution is 2.30. The third-order valence-corrected chi connectivity index (χ3v) is 3.91. The quantitative estimate of drug-likeness (QED) is 0.843. The minimum atomic E-state index is 0.385. The lowest BCUT2D eigenvalue weighted by Crippen LogP contribution is -2.23. The molecule has 1 aromatic heterocycles. The summed E-state index contributed by atoms with van der Waals surface area (Å²) in [4.78, 5) is 4.45. The lowest BCUT2D eigenvalue weighted by molar-refractivity contribution is 0.359. The Kier molecular flexibility index (Phi) is 3.64. The van der Waals surface area contributed by atoms with Gasteiger partial charge in [0.1, 0.15) is 0 Å². The summed E-state index contributed by atoms with van der Waals surface area (Å²) in [5.74, 6) is 4.53. The van der Waals surface area contributed by atoms with Crippen LogP contribution >= 0.6 is 11.8 Å². The predicted octanol–water partition coefficient (Wildman–Crippen LogP) is 1.44. The van der Waals surface area contributed by atoms with Crippen LogP contribution in [0.2, 0.25) is 0 Å².